The van der Waals surface area contributed by atoms with Gasteiger partial charge in [-0.1, -0.05) is 44.6 Å². The van der Waals surface area contributed by atoms with E-state index in [1.165, 1.54) is 52.4 Å². The first kappa shape index (κ1) is 22.3. The van der Waals surface area contributed by atoms with Crippen LogP contribution in [0.2, 0.25) is 0 Å². The predicted molar refractivity (Wildman–Crippen MR) is 118 cm³/mol. The first-order valence-electron chi connectivity index (χ1n) is 11.8. The Hall–Kier alpha value is -1.86. The van der Waals surface area contributed by atoms with Crippen molar-refractivity contribution in [1.82, 2.24) is 0 Å². The van der Waals surface area contributed by atoms with Crippen molar-refractivity contribution in [2.45, 2.75) is 90.4 Å². The lowest BCUT2D eigenvalue weighted by atomic mass is 9.72. The molecule has 6 nitrogen and oxygen atoms in total. The van der Waals surface area contributed by atoms with Gasteiger partial charge in [-0.2, -0.15) is 0 Å². The van der Waals surface area contributed by atoms with E-state index in [9.17, 15) is 9.59 Å². The quantitative estimate of drug-likeness (QED) is 0.637. The molecule has 2 fully saturated rings. The van der Waals surface area contributed by atoms with Crippen LogP contribution in [0.1, 0.15) is 83.6 Å². The molecule has 0 bridgehead atoms. The summed E-state index contributed by atoms with van der Waals surface area (Å²) in [6.45, 7) is 3.13. The van der Waals surface area contributed by atoms with Gasteiger partial charge >= 0.3 is 9.28 Å². The van der Waals surface area contributed by atoms with E-state index in [0.29, 0.717) is 18.4 Å². The smallest absolute Gasteiger partial charge is 0.483 e. The van der Waals surface area contributed by atoms with Gasteiger partial charge in [0.25, 0.3) is 11.9 Å². The standard InChI is InChI=1S/C24H34O6Si/c1-17(25)29-31(30-18(2)26)22-13-14-23-19(15-22)16-27-24(28-23,20-9-5-3-6-10-20)21-11-7-4-8-12-21/h13-15,20-21,31H,3-12,16H2,1-2H3. The van der Waals surface area contributed by atoms with Crippen molar-refractivity contribution in [3.63, 3.8) is 0 Å². The molecule has 0 amide bonds. The highest BCUT2D eigenvalue weighted by molar-refractivity contribution is 6.64. The fraction of sp³-hybridized carbons (Fsp3) is 0.667. The molecule has 170 valence electrons. The van der Waals surface area contributed by atoms with Gasteiger partial charge in [0.1, 0.15) is 5.75 Å². The minimum absolute atomic E-state index is 0.432. The van der Waals surface area contributed by atoms with Crippen LogP contribution in [0.4, 0.5) is 0 Å². The van der Waals surface area contributed by atoms with Crippen LogP contribution in [-0.4, -0.2) is 27.0 Å². The summed E-state index contributed by atoms with van der Waals surface area (Å²) in [4.78, 5) is 23.0. The SMILES string of the molecule is CC(=O)O[SiH](OC(C)=O)c1ccc2c(c1)COC(C1CCCCC1)(C1CCCCC1)O2. The molecule has 1 aromatic rings. The minimum Gasteiger partial charge on any atom is -0.484 e. The van der Waals surface area contributed by atoms with Crippen LogP contribution in [0.25, 0.3) is 0 Å². The molecular weight excluding hydrogens is 412 g/mol. The van der Waals surface area contributed by atoms with Gasteiger partial charge in [-0.05, 0) is 37.8 Å². The highest BCUT2D eigenvalue weighted by Crippen LogP contribution is 2.49. The monoisotopic (exact) mass is 446 g/mol. The number of hydrogen-bond acceptors (Lipinski definition) is 6. The average molecular weight is 447 g/mol. The van der Waals surface area contributed by atoms with Crippen LogP contribution in [0.3, 0.4) is 0 Å². The molecule has 4 rings (SSSR count). The molecule has 1 aliphatic heterocycles. The summed E-state index contributed by atoms with van der Waals surface area (Å²) in [6.07, 6.45) is 12.2. The Labute approximate surface area is 186 Å². The Morgan fingerprint density at radius 3 is 1.97 bits per heavy atom. The van der Waals surface area contributed by atoms with Crippen LogP contribution in [0.15, 0.2) is 18.2 Å². The van der Waals surface area contributed by atoms with Gasteiger partial charge in [0.15, 0.2) is 0 Å². The first-order valence-corrected chi connectivity index (χ1v) is 13.3. The van der Waals surface area contributed by atoms with E-state index < -0.39 is 27.0 Å². The summed E-state index contributed by atoms with van der Waals surface area (Å²) in [5.74, 6) is 0.290. The molecular formula is C24H34O6Si. The molecule has 7 heteroatoms. The molecule has 0 radical (unpaired) electrons. The van der Waals surface area contributed by atoms with Crippen molar-refractivity contribution in [1.29, 1.82) is 0 Å². The van der Waals surface area contributed by atoms with Gasteiger partial charge in [-0.15, -0.1) is 0 Å². The van der Waals surface area contributed by atoms with Crippen molar-refractivity contribution in [3.05, 3.63) is 23.8 Å². The predicted octanol–water partition coefficient (Wildman–Crippen LogP) is 4.01. The van der Waals surface area contributed by atoms with Crippen LogP contribution < -0.4 is 9.92 Å². The third kappa shape index (κ3) is 4.98. The van der Waals surface area contributed by atoms with E-state index in [1.54, 1.807) is 0 Å². The third-order valence-electron chi connectivity index (χ3n) is 6.97. The van der Waals surface area contributed by atoms with Gasteiger partial charge in [-0.25, -0.2) is 0 Å². The Morgan fingerprint density at radius 2 is 1.45 bits per heavy atom. The van der Waals surface area contributed by atoms with Gasteiger partial charge in [0.05, 0.1) is 6.61 Å². The summed E-state index contributed by atoms with van der Waals surface area (Å²) in [6, 6.07) is 5.74. The molecule has 0 atom stereocenters. The van der Waals surface area contributed by atoms with E-state index in [1.807, 2.05) is 18.2 Å². The lowest BCUT2D eigenvalue weighted by Crippen LogP contribution is -2.55. The zero-order chi connectivity index (χ0) is 21.8. The van der Waals surface area contributed by atoms with Crippen LogP contribution in [0.5, 0.6) is 5.75 Å². The Bertz CT molecular complexity index is 763. The Morgan fingerprint density at radius 1 is 0.903 bits per heavy atom. The molecule has 1 heterocycles. The van der Waals surface area contributed by atoms with Crippen LogP contribution >= 0.6 is 0 Å². The molecule has 0 aromatic heterocycles. The summed E-state index contributed by atoms with van der Waals surface area (Å²) >= 11 is 0. The maximum absolute atomic E-state index is 11.5. The lowest BCUT2D eigenvalue weighted by Gasteiger charge is -2.50. The lowest BCUT2D eigenvalue weighted by molar-refractivity contribution is -0.278. The minimum atomic E-state index is -2.66. The van der Waals surface area contributed by atoms with Crippen molar-refractivity contribution in [2.24, 2.45) is 11.8 Å². The largest absolute Gasteiger partial charge is 0.484 e. The summed E-state index contributed by atoms with van der Waals surface area (Å²) in [5, 5.41) is 0.735. The topological polar surface area (TPSA) is 71.1 Å². The van der Waals surface area contributed by atoms with Crippen LogP contribution in [-0.2, 0) is 29.8 Å². The van der Waals surface area contributed by atoms with E-state index in [4.69, 9.17) is 18.3 Å². The zero-order valence-electron chi connectivity index (χ0n) is 18.7. The van der Waals surface area contributed by atoms with E-state index >= 15 is 0 Å². The van der Waals surface area contributed by atoms with Crippen molar-refractivity contribution >= 4 is 26.4 Å². The first-order chi connectivity index (χ1) is 15.0. The van der Waals surface area contributed by atoms with Gasteiger partial charge in [-0.3, -0.25) is 9.59 Å². The fourth-order valence-electron chi connectivity index (χ4n) is 5.56. The average Bonchev–Trinajstić information content (AvgIpc) is 2.78. The Kier molecular flexibility index (Phi) is 7.01. The van der Waals surface area contributed by atoms with E-state index in [2.05, 4.69) is 0 Å². The van der Waals surface area contributed by atoms with E-state index in [-0.39, 0.29) is 0 Å². The van der Waals surface area contributed by atoms with Gasteiger partial charge < -0.3 is 18.3 Å². The van der Waals surface area contributed by atoms with Gasteiger partial charge in [0.2, 0.25) is 5.79 Å². The number of fused-ring (bicyclic) bond motifs is 1. The van der Waals surface area contributed by atoms with E-state index in [0.717, 1.165) is 42.2 Å². The second-order valence-corrected chi connectivity index (χ2v) is 11.0. The zero-order valence-corrected chi connectivity index (χ0v) is 19.8. The van der Waals surface area contributed by atoms with Crippen molar-refractivity contribution in [2.75, 3.05) is 0 Å². The molecule has 31 heavy (non-hydrogen) atoms. The summed E-state index contributed by atoms with van der Waals surface area (Å²) in [7, 11) is -2.66. The molecule has 0 unspecified atom stereocenters. The molecule has 0 saturated heterocycles. The van der Waals surface area contributed by atoms with Crippen molar-refractivity contribution in [3.8, 4) is 5.75 Å². The number of rotatable bonds is 5. The summed E-state index contributed by atoms with van der Waals surface area (Å²) in [5.41, 5.74) is 0.927. The molecule has 2 saturated carbocycles. The molecule has 0 spiro atoms. The molecule has 3 aliphatic rings. The number of benzene rings is 1. The third-order valence-corrected chi connectivity index (χ3v) is 8.97. The Balaban J connectivity index is 1.61. The molecule has 1 aromatic carbocycles. The normalized spacial score (nSPS) is 21.8. The number of ether oxygens (including phenoxy) is 2. The van der Waals surface area contributed by atoms with Gasteiger partial charge in [0, 0.05) is 36.4 Å². The van der Waals surface area contributed by atoms with Crippen molar-refractivity contribution < 1.29 is 27.9 Å². The highest BCUT2D eigenvalue weighted by Gasteiger charge is 2.51. The summed E-state index contributed by atoms with van der Waals surface area (Å²) < 4.78 is 24.1. The number of hydrogen-bond donors (Lipinski definition) is 0. The number of carbonyl (C=O) groups excluding carboxylic acids is 2. The molecule has 0 N–H and O–H groups in total. The second kappa shape index (κ2) is 9.73. The maximum atomic E-state index is 11.5. The number of carbonyl (C=O) groups is 2. The molecule has 2 aliphatic carbocycles. The maximum Gasteiger partial charge on any atom is 0.483 e. The second-order valence-electron chi connectivity index (χ2n) is 9.20. The van der Waals surface area contributed by atoms with Crippen LogP contribution in [0, 0.1) is 11.8 Å². The highest BCUT2D eigenvalue weighted by atomic mass is 28.3. The fourth-order valence-corrected chi connectivity index (χ4v) is 7.07.